The molecule has 2 heteroatoms. The first-order valence-electron chi connectivity index (χ1n) is 5.08. The summed E-state index contributed by atoms with van der Waals surface area (Å²) in [4.78, 5) is 0. The second-order valence-electron chi connectivity index (χ2n) is 4.20. The van der Waals surface area contributed by atoms with Crippen molar-refractivity contribution in [2.24, 2.45) is 0 Å². The van der Waals surface area contributed by atoms with Gasteiger partial charge >= 0.3 is 0 Å². The van der Waals surface area contributed by atoms with Crippen molar-refractivity contribution in [3.05, 3.63) is 35.4 Å². The summed E-state index contributed by atoms with van der Waals surface area (Å²) in [6.45, 7) is 4.42. The Morgan fingerprint density at radius 3 is 2.07 bits per heavy atom. The van der Waals surface area contributed by atoms with E-state index in [0.717, 1.165) is 0 Å². The summed E-state index contributed by atoms with van der Waals surface area (Å²) in [6.07, 6.45) is 2.41. The minimum absolute atomic E-state index is 0. The minimum atomic E-state index is 0. The summed E-state index contributed by atoms with van der Waals surface area (Å²) in [5.74, 6) is 0. The zero-order valence-corrected chi connectivity index (χ0v) is 9.60. The van der Waals surface area contributed by atoms with Gasteiger partial charge in [-0.15, -0.1) is 12.4 Å². The fourth-order valence-electron chi connectivity index (χ4n) is 2.15. The van der Waals surface area contributed by atoms with Crippen molar-refractivity contribution in [2.45, 2.75) is 38.8 Å². The molecule has 0 radical (unpaired) electrons. The maximum atomic E-state index is 3.59. The molecule has 2 rings (SSSR count). The van der Waals surface area contributed by atoms with Gasteiger partial charge in [0.05, 0.1) is 0 Å². The van der Waals surface area contributed by atoms with Gasteiger partial charge in [-0.1, -0.05) is 38.1 Å². The van der Waals surface area contributed by atoms with Crippen LogP contribution in [0.15, 0.2) is 24.3 Å². The van der Waals surface area contributed by atoms with Crippen molar-refractivity contribution in [3.63, 3.8) is 0 Å². The fraction of sp³-hybridized carbons (Fsp3) is 0.500. The Morgan fingerprint density at radius 1 is 1.14 bits per heavy atom. The van der Waals surface area contributed by atoms with Crippen molar-refractivity contribution in [3.8, 4) is 0 Å². The van der Waals surface area contributed by atoms with E-state index in [4.69, 9.17) is 0 Å². The molecule has 0 amide bonds. The van der Waals surface area contributed by atoms with E-state index in [-0.39, 0.29) is 12.4 Å². The van der Waals surface area contributed by atoms with Crippen LogP contribution in [0.5, 0.6) is 0 Å². The molecule has 0 aliphatic heterocycles. The van der Waals surface area contributed by atoms with Gasteiger partial charge in [0.15, 0.2) is 0 Å². The van der Waals surface area contributed by atoms with E-state index in [1.807, 2.05) is 0 Å². The van der Waals surface area contributed by atoms with E-state index in [9.17, 15) is 0 Å². The van der Waals surface area contributed by atoms with Crippen LogP contribution in [0.25, 0.3) is 0 Å². The predicted molar refractivity (Wildman–Crippen MR) is 63.2 cm³/mol. The van der Waals surface area contributed by atoms with E-state index in [0.29, 0.717) is 12.1 Å². The van der Waals surface area contributed by atoms with Crippen LogP contribution in [-0.2, 0) is 12.8 Å². The van der Waals surface area contributed by atoms with E-state index in [1.54, 1.807) is 0 Å². The van der Waals surface area contributed by atoms with Crippen LogP contribution in [0.1, 0.15) is 25.0 Å². The van der Waals surface area contributed by atoms with Crippen molar-refractivity contribution in [1.29, 1.82) is 0 Å². The molecule has 0 atom stereocenters. The molecular weight excluding hydrogens is 194 g/mol. The fourth-order valence-corrected chi connectivity index (χ4v) is 2.15. The monoisotopic (exact) mass is 211 g/mol. The van der Waals surface area contributed by atoms with Gasteiger partial charge in [0.1, 0.15) is 0 Å². The third kappa shape index (κ3) is 2.49. The van der Waals surface area contributed by atoms with Gasteiger partial charge in [-0.2, -0.15) is 0 Å². The van der Waals surface area contributed by atoms with Gasteiger partial charge in [-0.05, 0) is 24.0 Å². The average Bonchev–Trinajstić information content (AvgIpc) is 2.44. The lowest BCUT2D eigenvalue weighted by Crippen LogP contribution is -2.35. The van der Waals surface area contributed by atoms with Crippen molar-refractivity contribution in [1.82, 2.24) is 5.32 Å². The quantitative estimate of drug-likeness (QED) is 0.793. The van der Waals surface area contributed by atoms with Gasteiger partial charge in [0.2, 0.25) is 0 Å². The lowest BCUT2D eigenvalue weighted by atomic mass is 10.1. The molecule has 0 spiro atoms. The van der Waals surface area contributed by atoms with Crippen LogP contribution >= 0.6 is 12.4 Å². The van der Waals surface area contributed by atoms with Gasteiger partial charge in [-0.25, -0.2) is 0 Å². The number of fused-ring (bicyclic) bond motifs is 1. The van der Waals surface area contributed by atoms with Gasteiger partial charge in [-0.3, -0.25) is 0 Å². The molecule has 0 aromatic heterocycles. The first-order chi connectivity index (χ1) is 6.25. The Bertz CT molecular complexity index is 271. The standard InChI is InChI=1S/C12H17N.ClH/c1-9(2)13-12-7-10-5-3-4-6-11(10)8-12;/h3-6,9,12-13H,7-8H2,1-2H3;1H. The lowest BCUT2D eigenvalue weighted by Gasteiger charge is -2.14. The molecule has 14 heavy (non-hydrogen) atoms. The maximum absolute atomic E-state index is 3.59. The highest BCUT2D eigenvalue weighted by Crippen LogP contribution is 2.21. The molecule has 1 N–H and O–H groups in total. The molecule has 78 valence electrons. The van der Waals surface area contributed by atoms with Crippen LogP contribution < -0.4 is 5.32 Å². The number of benzene rings is 1. The first kappa shape index (κ1) is 11.5. The number of hydrogen-bond donors (Lipinski definition) is 1. The molecule has 0 unspecified atom stereocenters. The molecule has 1 aliphatic rings. The van der Waals surface area contributed by atoms with Gasteiger partial charge < -0.3 is 5.32 Å². The highest BCUT2D eigenvalue weighted by atomic mass is 35.5. The summed E-state index contributed by atoms with van der Waals surface area (Å²) < 4.78 is 0. The second-order valence-corrected chi connectivity index (χ2v) is 4.20. The summed E-state index contributed by atoms with van der Waals surface area (Å²) in [5.41, 5.74) is 3.06. The van der Waals surface area contributed by atoms with Crippen LogP contribution in [-0.4, -0.2) is 12.1 Å². The topological polar surface area (TPSA) is 12.0 Å². The van der Waals surface area contributed by atoms with Crippen LogP contribution in [0, 0.1) is 0 Å². The van der Waals surface area contributed by atoms with Crippen LogP contribution in [0.2, 0.25) is 0 Å². The summed E-state index contributed by atoms with van der Waals surface area (Å²) in [5, 5.41) is 3.59. The minimum Gasteiger partial charge on any atom is -0.311 e. The highest BCUT2D eigenvalue weighted by molar-refractivity contribution is 5.85. The Labute approximate surface area is 92.3 Å². The number of hydrogen-bond acceptors (Lipinski definition) is 1. The summed E-state index contributed by atoms with van der Waals surface area (Å²) in [7, 11) is 0. The number of nitrogens with one attached hydrogen (secondary N) is 1. The van der Waals surface area contributed by atoms with Crippen molar-refractivity contribution >= 4 is 12.4 Å². The van der Waals surface area contributed by atoms with E-state index < -0.39 is 0 Å². The Balaban J connectivity index is 0.000000980. The highest BCUT2D eigenvalue weighted by Gasteiger charge is 2.20. The third-order valence-electron chi connectivity index (χ3n) is 2.62. The number of rotatable bonds is 2. The molecule has 0 heterocycles. The van der Waals surface area contributed by atoms with E-state index in [1.165, 1.54) is 24.0 Å². The van der Waals surface area contributed by atoms with Gasteiger partial charge in [0, 0.05) is 12.1 Å². The lowest BCUT2D eigenvalue weighted by molar-refractivity contribution is 0.478. The molecule has 0 saturated carbocycles. The van der Waals surface area contributed by atoms with Gasteiger partial charge in [0.25, 0.3) is 0 Å². The van der Waals surface area contributed by atoms with Crippen molar-refractivity contribution in [2.75, 3.05) is 0 Å². The molecule has 0 saturated heterocycles. The SMILES string of the molecule is CC(C)NC1Cc2ccccc2C1.Cl. The second kappa shape index (κ2) is 4.81. The van der Waals surface area contributed by atoms with Crippen molar-refractivity contribution < 1.29 is 0 Å². The van der Waals surface area contributed by atoms with Crippen LogP contribution in [0.3, 0.4) is 0 Å². The molecule has 1 nitrogen and oxygen atoms in total. The first-order valence-corrected chi connectivity index (χ1v) is 5.08. The predicted octanol–water partition coefficient (Wildman–Crippen LogP) is 2.57. The zero-order valence-electron chi connectivity index (χ0n) is 8.79. The largest absolute Gasteiger partial charge is 0.311 e. The molecular formula is C12H18ClN. The van der Waals surface area contributed by atoms with Crippen LogP contribution in [0.4, 0.5) is 0 Å². The Hall–Kier alpha value is -0.530. The molecule has 1 aromatic rings. The Morgan fingerprint density at radius 2 is 1.64 bits per heavy atom. The summed E-state index contributed by atoms with van der Waals surface area (Å²) >= 11 is 0. The molecule has 1 aromatic carbocycles. The average molecular weight is 212 g/mol. The molecule has 1 aliphatic carbocycles. The normalized spacial score (nSPS) is 15.4. The van der Waals surface area contributed by atoms with E-state index in [2.05, 4.69) is 43.4 Å². The zero-order chi connectivity index (χ0) is 9.26. The number of halogens is 1. The smallest absolute Gasteiger partial charge is 0.0150 e. The Kier molecular flexibility index (Phi) is 3.97. The molecule has 0 fully saturated rings. The summed E-state index contributed by atoms with van der Waals surface area (Å²) in [6, 6.07) is 10.0. The van der Waals surface area contributed by atoms with E-state index >= 15 is 0 Å². The third-order valence-corrected chi connectivity index (χ3v) is 2.62. The molecule has 0 bridgehead atoms. The maximum Gasteiger partial charge on any atom is 0.0150 e.